The Morgan fingerprint density at radius 3 is 2.79 bits per heavy atom. The van der Waals surface area contributed by atoms with Crippen LogP contribution in [-0.4, -0.2) is 16.1 Å². The Kier molecular flexibility index (Phi) is 3.61. The van der Waals surface area contributed by atoms with Crippen LogP contribution in [0.3, 0.4) is 0 Å². The van der Waals surface area contributed by atoms with Crippen LogP contribution < -0.4 is 4.74 Å². The van der Waals surface area contributed by atoms with E-state index in [-0.39, 0.29) is 16.9 Å². The number of oxazole rings is 1. The highest BCUT2D eigenvalue weighted by Crippen LogP contribution is 2.25. The second kappa shape index (κ2) is 5.05. The van der Waals surface area contributed by atoms with Crippen molar-refractivity contribution in [2.75, 3.05) is 0 Å². The number of carbonyl (C=O) groups is 1. The Morgan fingerprint density at radius 1 is 1.53 bits per heavy atom. The van der Waals surface area contributed by atoms with Crippen LogP contribution in [0.1, 0.15) is 42.1 Å². The average Bonchev–Trinajstić information content (AvgIpc) is 2.95. The first kappa shape index (κ1) is 13.6. The number of ether oxygens (including phenoxy) is 1. The topological polar surface area (TPSA) is 72.6 Å². The molecule has 0 saturated carbocycles. The molecule has 19 heavy (non-hydrogen) atoms. The van der Waals surface area contributed by atoms with Gasteiger partial charge in [0.1, 0.15) is 16.4 Å². The minimum Gasteiger partial charge on any atom is -0.483 e. The van der Waals surface area contributed by atoms with E-state index in [9.17, 15) is 4.79 Å². The van der Waals surface area contributed by atoms with E-state index >= 15 is 0 Å². The molecule has 0 aliphatic rings. The Hall–Kier alpha value is -1.82. The Bertz CT molecular complexity index is 579. The van der Waals surface area contributed by atoms with Gasteiger partial charge in [0.05, 0.1) is 6.20 Å². The second-order valence-electron chi connectivity index (χ2n) is 5.11. The number of nitrogens with zero attached hydrogens (tertiary/aromatic N) is 1. The summed E-state index contributed by atoms with van der Waals surface area (Å²) < 4.78 is 11.0. The van der Waals surface area contributed by atoms with Crippen molar-refractivity contribution >= 4 is 17.3 Å². The van der Waals surface area contributed by atoms with Crippen LogP contribution in [0, 0.1) is 0 Å². The van der Waals surface area contributed by atoms with Gasteiger partial charge in [0.15, 0.2) is 6.61 Å². The standard InChI is InChI=1S/C13H15NO4S/c1-13(2,3)10-5-14-11(18-10)6-17-8-4-9(12(15)16)19-7-8/h4-5,7H,6H2,1-3H3,(H,15,16). The summed E-state index contributed by atoms with van der Waals surface area (Å²) in [7, 11) is 0. The molecule has 102 valence electrons. The summed E-state index contributed by atoms with van der Waals surface area (Å²) >= 11 is 1.13. The number of carboxylic acid groups (broad SMARTS) is 1. The molecule has 2 heterocycles. The third-order valence-corrected chi connectivity index (χ3v) is 3.34. The van der Waals surface area contributed by atoms with E-state index in [1.54, 1.807) is 11.6 Å². The maximum Gasteiger partial charge on any atom is 0.346 e. The Morgan fingerprint density at radius 2 is 2.26 bits per heavy atom. The number of thiophene rings is 1. The predicted molar refractivity (Wildman–Crippen MR) is 70.8 cm³/mol. The monoisotopic (exact) mass is 281 g/mol. The van der Waals surface area contributed by atoms with Crippen LogP contribution in [0.25, 0.3) is 0 Å². The number of aromatic nitrogens is 1. The lowest BCUT2D eigenvalue weighted by Crippen LogP contribution is -2.09. The van der Waals surface area contributed by atoms with E-state index in [0.29, 0.717) is 11.6 Å². The van der Waals surface area contributed by atoms with Gasteiger partial charge in [-0.05, 0) is 0 Å². The van der Waals surface area contributed by atoms with Crippen molar-refractivity contribution in [3.63, 3.8) is 0 Å². The zero-order chi connectivity index (χ0) is 14.0. The summed E-state index contributed by atoms with van der Waals surface area (Å²) in [5.74, 6) is 0.833. The molecule has 2 aromatic heterocycles. The van der Waals surface area contributed by atoms with Gasteiger partial charge in [-0.25, -0.2) is 9.78 Å². The number of carboxylic acids is 1. The summed E-state index contributed by atoms with van der Waals surface area (Å²) in [6.07, 6.45) is 1.69. The molecule has 0 bridgehead atoms. The summed E-state index contributed by atoms with van der Waals surface area (Å²) in [5, 5.41) is 10.5. The smallest absolute Gasteiger partial charge is 0.346 e. The number of rotatable bonds is 4. The normalized spacial score (nSPS) is 11.5. The van der Waals surface area contributed by atoms with E-state index in [1.807, 2.05) is 20.8 Å². The van der Waals surface area contributed by atoms with E-state index in [0.717, 1.165) is 17.1 Å². The first-order chi connectivity index (χ1) is 8.86. The minimum absolute atomic E-state index is 0.0931. The van der Waals surface area contributed by atoms with Crippen LogP contribution in [0.15, 0.2) is 22.1 Å². The average molecular weight is 281 g/mol. The molecule has 0 aliphatic carbocycles. The molecule has 0 amide bonds. The maximum absolute atomic E-state index is 10.7. The van der Waals surface area contributed by atoms with Gasteiger partial charge in [0, 0.05) is 16.9 Å². The van der Waals surface area contributed by atoms with Crippen molar-refractivity contribution in [1.82, 2.24) is 4.98 Å². The van der Waals surface area contributed by atoms with Crippen LogP contribution in [0.4, 0.5) is 0 Å². The van der Waals surface area contributed by atoms with E-state index in [4.69, 9.17) is 14.3 Å². The third kappa shape index (κ3) is 3.35. The first-order valence-electron chi connectivity index (χ1n) is 5.76. The largest absolute Gasteiger partial charge is 0.483 e. The lowest BCUT2D eigenvalue weighted by molar-refractivity contribution is 0.0702. The van der Waals surface area contributed by atoms with Gasteiger partial charge in [0.2, 0.25) is 5.89 Å². The zero-order valence-corrected chi connectivity index (χ0v) is 11.8. The second-order valence-corrected chi connectivity index (χ2v) is 6.02. The molecule has 0 radical (unpaired) electrons. The summed E-state index contributed by atoms with van der Waals surface area (Å²) in [6.45, 7) is 6.30. The first-order valence-corrected chi connectivity index (χ1v) is 6.64. The molecule has 0 unspecified atom stereocenters. The highest BCUT2D eigenvalue weighted by molar-refractivity contribution is 7.12. The molecule has 0 aromatic carbocycles. The van der Waals surface area contributed by atoms with E-state index in [1.165, 1.54) is 6.07 Å². The van der Waals surface area contributed by atoms with Crippen LogP contribution >= 0.6 is 11.3 Å². The molecule has 1 N–H and O–H groups in total. The van der Waals surface area contributed by atoms with E-state index < -0.39 is 5.97 Å². The van der Waals surface area contributed by atoms with Gasteiger partial charge in [-0.3, -0.25) is 0 Å². The molecule has 0 atom stereocenters. The quantitative estimate of drug-likeness (QED) is 0.930. The highest BCUT2D eigenvalue weighted by atomic mass is 32.1. The molecule has 0 saturated heterocycles. The molecule has 6 heteroatoms. The summed E-state index contributed by atoms with van der Waals surface area (Å²) in [4.78, 5) is 15.1. The molecule has 0 fully saturated rings. The molecule has 2 aromatic rings. The summed E-state index contributed by atoms with van der Waals surface area (Å²) in [5.41, 5.74) is -0.0931. The molecule has 2 rings (SSSR count). The lowest BCUT2D eigenvalue weighted by atomic mass is 9.94. The zero-order valence-electron chi connectivity index (χ0n) is 11.0. The molecular formula is C13H15NO4S. The predicted octanol–water partition coefficient (Wildman–Crippen LogP) is 3.31. The van der Waals surface area contributed by atoms with E-state index in [2.05, 4.69) is 4.98 Å². The fraction of sp³-hybridized carbons (Fsp3) is 0.385. The Labute approximate surface area is 114 Å². The van der Waals surface area contributed by atoms with Crippen molar-refractivity contribution in [1.29, 1.82) is 0 Å². The van der Waals surface area contributed by atoms with Crippen molar-refractivity contribution in [3.8, 4) is 5.75 Å². The van der Waals surface area contributed by atoms with Gasteiger partial charge < -0.3 is 14.3 Å². The van der Waals surface area contributed by atoms with Crippen molar-refractivity contribution in [3.05, 3.63) is 34.2 Å². The van der Waals surface area contributed by atoms with Crippen LogP contribution in [0.2, 0.25) is 0 Å². The lowest BCUT2D eigenvalue weighted by Gasteiger charge is -2.13. The van der Waals surface area contributed by atoms with Gasteiger partial charge in [-0.2, -0.15) is 0 Å². The minimum atomic E-state index is -0.953. The van der Waals surface area contributed by atoms with Gasteiger partial charge in [-0.1, -0.05) is 20.8 Å². The fourth-order valence-electron chi connectivity index (χ4n) is 1.38. The molecular weight excluding hydrogens is 266 g/mol. The van der Waals surface area contributed by atoms with Crippen molar-refractivity contribution < 1.29 is 19.1 Å². The maximum atomic E-state index is 10.7. The SMILES string of the molecule is CC(C)(C)c1cnc(COc2csc(C(=O)O)c2)o1. The van der Waals surface area contributed by atoms with Gasteiger partial charge in [-0.15, -0.1) is 11.3 Å². The van der Waals surface area contributed by atoms with Gasteiger partial charge in [0.25, 0.3) is 0 Å². The molecule has 5 nitrogen and oxygen atoms in total. The van der Waals surface area contributed by atoms with Gasteiger partial charge >= 0.3 is 5.97 Å². The Balaban J connectivity index is 1.98. The van der Waals surface area contributed by atoms with Crippen molar-refractivity contribution in [2.24, 2.45) is 0 Å². The van der Waals surface area contributed by atoms with Crippen LogP contribution in [0.5, 0.6) is 5.75 Å². The molecule has 0 aliphatic heterocycles. The number of aromatic carboxylic acids is 1. The van der Waals surface area contributed by atoms with Crippen LogP contribution in [-0.2, 0) is 12.0 Å². The highest BCUT2D eigenvalue weighted by Gasteiger charge is 2.19. The fourth-order valence-corrected chi connectivity index (χ4v) is 2.04. The third-order valence-electron chi connectivity index (χ3n) is 2.44. The number of hydrogen-bond donors (Lipinski definition) is 1. The number of hydrogen-bond acceptors (Lipinski definition) is 5. The molecule has 0 spiro atoms. The van der Waals surface area contributed by atoms with Crippen molar-refractivity contribution in [2.45, 2.75) is 32.8 Å². The summed E-state index contributed by atoms with van der Waals surface area (Å²) in [6, 6.07) is 1.49.